The van der Waals surface area contributed by atoms with Gasteiger partial charge in [0.1, 0.15) is 11.9 Å². The number of ether oxygens (including phenoxy) is 1. The molecule has 0 aliphatic heterocycles. The zero-order valence-electron chi connectivity index (χ0n) is 14.5. The molecule has 3 rings (SSSR count). The van der Waals surface area contributed by atoms with E-state index in [0.29, 0.717) is 37.6 Å². The van der Waals surface area contributed by atoms with Gasteiger partial charge in [-0.25, -0.2) is 0 Å². The van der Waals surface area contributed by atoms with Gasteiger partial charge in [-0.1, -0.05) is 65.1 Å². The highest BCUT2D eigenvalue weighted by Gasteiger charge is 2.17. The molecular weight excluding hydrogens is 421 g/mol. The molecule has 0 aliphatic rings. The Balaban J connectivity index is 1.74. The molecule has 0 aliphatic carbocycles. The Labute approximate surface area is 177 Å². The van der Waals surface area contributed by atoms with Crippen molar-refractivity contribution in [2.45, 2.75) is 6.10 Å². The minimum absolute atomic E-state index is 0.259. The van der Waals surface area contributed by atoms with Gasteiger partial charge in [-0.15, -0.1) is 0 Å². The quantitative estimate of drug-likeness (QED) is 0.517. The zero-order chi connectivity index (χ0) is 20.1. The number of carbonyl (C=O) groups excluding carboxylic acids is 1. The van der Waals surface area contributed by atoms with Gasteiger partial charge in [-0.05, 0) is 42.0 Å². The van der Waals surface area contributed by atoms with Crippen LogP contribution in [0.1, 0.15) is 17.2 Å². The van der Waals surface area contributed by atoms with Gasteiger partial charge in [0.05, 0.1) is 5.02 Å². The highest BCUT2D eigenvalue weighted by Crippen LogP contribution is 2.31. The van der Waals surface area contributed by atoms with Gasteiger partial charge >= 0.3 is 0 Å². The lowest BCUT2D eigenvalue weighted by Crippen LogP contribution is -2.21. The van der Waals surface area contributed by atoms with Gasteiger partial charge in [0.15, 0.2) is 6.61 Å². The number of anilines is 1. The Morgan fingerprint density at radius 3 is 2.36 bits per heavy atom. The Morgan fingerprint density at radius 1 is 0.964 bits per heavy atom. The third kappa shape index (κ3) is 5.18. The second kappa shape index (κ2) is 9.30. The van der Waals surface area contributed by atoms with Crippen LogP contribution in [0, 0.1) is 0 Å². The third-order valence-electron chi connectivity index (χ3n) is 3.95. The van der Waals surface area contributed by atoms with Crippen LogP contribution in [-0.4, -0.2) is 17.6 Å². The summed E-state index contributed by atoms with van der Waals surface area (Å²) < 4.78 is 5.44. The molecule has 0 heterocycles. The first-order valence-electron chi connectivity index (χ1n) is 8.34. The number of hydrogen-bond donors (Lipinski definition) is 2. The number of amides is 1. The molecule has 144 valence electrons. The van der Waals surface area contributed by atoms with Crippen molar-refractivity contribution < 1.29 is 14.6 Å². The molecule has 0 fully saturated rings. The first kappa shape index (κ1) is 20.5. The molecule has 1 amide bonds. The van der Waals surface area contributed by atoms with Crippen LogP contribution in [0.2, 0.25) is 15.1 Å². The average Bonchev–Trinajstić information content (AvgIpc) is 2.69. The van der Waals surface area contributed by atoms with E-state index in [1.54, 1.807) is 42.5 Å². The first-order valence-corrected chi connectivity index (χ1v) is 9.47. The molecule has 7 heteroatoms. The number of carbonyl (C=O) groups is 1. The van der Waals surface area contributed by atoms with Gasteiger partial charge in [-0.2, -0.15) is 0 Å². The number of halogens is 3. The van der Waals surface area contributed by atoms with Gasteiger partial charge in [0, 0.05) is 21.3 Å². The summed E-state index contributed by atoms with van der Waals surface area (Å²) in [6, 6.07) is 18.7. The normalized spacial score (nSPS) is 11.7. The molecule has 0 saturated heterocycles. The largest absolute Gasteiger partial charge is 0.482 e. The van der Waals surface area contributed by atoms with E-state index in [4.69, 9.17) is 39.5 Å². The van der Waals surface area contributed by atoms with Crippen LogP contribution in [0.4, 0.5) is 5.69 Å². The molecule has 0 unspecified atom stereocenters. The van der Waals surface area contributed by atoms with E-state index in [2.05, 4.69) is 5.32 Å². The van der Waals surface area contributed by atoms with Crippen molar-refractivity contribution in [1.82, 2.24) is 0 Å². The lowest BCUT2D eigenvalue weighted by Gasteiger charge is -2.17. The third-order valence-corrected chi connectivity index (χ3v) is 4.72. The first-order chi connectivity index (χ1) is 13.4. The van der Waals surface area contributed by atoms with Crippen molar-refractivity contribution in [2.24, 2.45) is 0 Å². The minimum atomic E-state index is -0.943. The lowest BCUT2D eigenvalue weighted by molar-refractivity contribution is -0.118. The van der Waals surface area contributed by atoms with E-state index in [9.17, 15) is 9.90 Å². The molecule has 0 spiro atoms. The number of nitrogens with one attached hydrogen (secondary N) is 1. The predicted octanol–water partition coefficient (Wildman–Crippen LogP) is 5.75. The summed E-state index contributed by atoms with van der Waals surface area (Å²) in [5.41, 5.74) is 1.61. The molecule has 28 heavy (non-hydrogen) atoms. The summed E-state index contributed by atoms with van der Waals surface area (Å²) in [6.45, 7) is -0.259. The van der Waals surface area contributed by atoms with Crippen LogP contribution in [-0.2, 0) is 4.79 Å². The molecule has 0 radical (unpaired) electrons. The second-order valence-electron chi connectivity index (χ2n) is 5.96. The van der Waals surface area contributed by atoms with Crippen LogP contribution in [0.25, 0.3) is 0 Å². The van der Waals surface area contributed by atoms with E-state index in [0.717, 1.165) is 0 Å². The van der Waals surface area contributed by atoms with Crippen LogP contribution in [0.3, 0.4) is 0 Å². The molecule has 0 bridgehead atoms. The predicted molar refractivity (Wildman–Crippen MR) is 113 cm³/mol. The number of aliphatic hydroxyl groups excluding tert-OH is 1. The SMILES string of the molecule is O=C(COc1ccc(Cl)cc1Cl)Nc1ccc(Cl)cc1[C@H](O)c1ccccc1. The van der Waals surface area contributed by atoms with Crippen molar-refractivity contribution in [3.63, 3.8) is 0 Å². The van der Waals surface area contributed by atoms with Crippen molar-refractivity contribution in [3.05, 3.63) is 92.9 Å². The van der Waals surface area contributed by atoms with Crippen LogP contribution >= 0.6 is 34.8 Å². The Bertz CT molecular complexity index is 980. The van der Waals surface area contributed by atoms with Gasteiger partial charge in [-0.3, -0.25) is 4.79 Å². The maximum Gasteiger partial charge on any atom is 0.262 e. The standard InChI is InChI=1S/C21H16Cl3NO3/c22-14-6-8-18(16(10-14)21(27)13-4-2-1-3-5-13)25-20(26)12-28-19-9-7-15(23)11-17(19)24/h1-11,21,27H,12H2,(H,25,26)/t21-/m1/s1. The van der Waals surface area contributed by atoms with Crippen molar-refractivity contribution >= 4 is 46.4 Å². The number of rotatable bonds is 6. The lowest BCUT2D eigenvalue weighted by atomic mass is 10.00. The molecule has 2 N–H and O–H groups in total. The van der Waals surface area contributed by atoms with E-state index >= 15 is 0 Å². The summed E-state index contributed by atoms with van der Waals surface area (Å²) in [4.78, 5) is 12.3. The molecule has 4 nitrogen and oxygen atoms in total. The van der Waals surface area contributed by atoms with E-state index in [-0.39, 0.29) is 6.61 Å². The summed E-state index contributed by atoms with van der Waals surface area (Å²) in [5, 5.41) is 14.7. The Hall–Kier alpha value is -2.24. The molecule has 3 aromatic carbocycles. The van der Waals surface area contributed by atoms with Crippen LogP contribution < -0.4 is 10.1 Å². The zero-order valence-corrected chi connectivity index (χ0v) is 16.8. The van der Waals surface area contributed by atoms with Crippen molar-refractivity contribution in [2.75, 3.05) is 11.9 Å². The highest BCUT2D eigenvalue weighted by atomic mass is 35.5. The van der Waals surface area contributed by atoms with Crippen molar-refractivity contribution in [3.8, 4) is 5.75 Å². The molecule has 1 atom stereocenters. The number of aliphatic hydroxyl groups is 1. The summed E-state index contributed by atoms with van der Waals surface area (Å²) in [7, 11) is 0. The van der Waals surface area contributed by atoms with Gasteiger partial charge in [0.2, 0.25) is 0 Å². The molecule has 3 aromatic rings. The summed E-state index contributed by atoms with van der Waals surface area (Å²) in [6.07, 6.45) is -0.943. The van der Waals surface area contributed by atoms with E-state index in [1.165, 1.54) is 6.07 Å². The maximum absolute atomic E-state index is 12.3. The topological polar surface area (TPSA) is 58.6 Å². The maximum atomic E-state index is 12.3. The fourth-order valence-electron chi connectivity index (χ4n) is 2.61. The van der Waals surface area contributed by atoms with Crippen LogP contribution in [0.15, 0.2) is 66.7 Å². The van der Waals surface area contributed by atoms with Crippen molar-refractivity contribution in [1.29, 1.82) is 0 Å². The molecule has 0 aromatic heterocycles. The highest BCUT2D eigenvalue weighted by molar-refractivity contribution is 6.35. The Kier molecular flexibility index (Phi) is 6.81. The average molecular weight is 437 g/mol. The minimum Gasteiger partial charge on any atom is -0.482 e. The fourth-order valence-corrected chi connectivity index (χ4v) is 3.25. The summed E-state index contributed by atoms with van der Waals surface area (Å²) >= 11 is 18.0. The second-order valence-corrected chi connectivity index (χ2v) is 7.24. The number of benzene rings is 3. The van der Waals surface area contributed by atoms with E-state index < -0.39 is 12.0 Å². The summed E-state index contributed by atoms with van der Waals surface area (Å²) in [5.74, 6) is -0.0586. The molecular formula is C21H16Cl3NO3. The van der Waals surface area contributed by atoms with Gasteiger partial charge in [0.25, 0.3) is 5.91 Å². The van der Waals surface area contributed by atoms with E-state index in [1.807, 2.05) is 18.2 Å². The monoisotopic (exact) mass is 435 g/mol. The van der Waals surface area contributed by atoms with Gasteiger partial charge < -0.3 is 15.2 Å². The Morgan fingerprint density at radius 2 is 1.64 bits per heavy atom. The smallest absolute Gasteiger partial charge is 0.262 e. The molecule has 0 saturated carbocycles. The fraction of sp³-hybridized carbons (Fsp3) is 0.0952. The van der Waals surface area contributed by atoms with Crippen LogP contribution in [0.5, 0.6) is 5.75 Å². The number of hydrogen-bond acceptors (Lipinski definition) is 3.